The first-order chi connectivity index (χ1) is 10.6. The highest BCUT2D eigenvalue weighted by atomic mass is 32.2. The lowest BCUT2D eigenvalue weighted by molar-refractivity contribution is 0.203. The molecule has 0 fully saturated rings. The summed E-state index contributed by atoms with van der Waals surface area (Å²) in [5.74, 6) is 0.684. The molecule has 23 heavy (non-hydrogen) atoms. The third-order valence-corrected chi connectivity index (χ3v) is 3.49. The second-order valence-corrected chi connectivity index (χ2v) is 8.06. The quantitative estimate of drug-likeness (QED) is 0.821. The molecular formula is C16H23N3O3S. The van der Waals surface area contributed by atoms with Gasteiger partial charge in [-0.25, -0.2) is 4.18 Å². The highest BCUT2D eigenvalue weighted by Crippen LogP contribution is 2.16. The molecule has 2 N–H and O–H groups in total. The summed E-state index contributed by atoms with van der Waals surface area (Å²) < 4.78 is 27.9. The highest BCUT2D eigenvalue weighted by Gasteiger charge is 2.21. The fourth-order valence-corrected chi connectivity index (χ4v) is 2.67. The molecule has 0 saturated carbocycles. The van der Waals surface area contributed by atoms with Gasteiger partial charge in [-0.3, -0.25) is 4.99 Å². The van der Waals surface area contributed by atoms with Gasteiger partial charge in [0.15, 0.2) is 6.23 Å². The van der Waals surface area contributed by atoms with E-state index in [1.165, 1.54) is 0 Å². The smallest absolute Gasteiger partial charge is 0.266 e. The summed E-state index contributed by atoms with van der Waals surface area (Å²) in [6.45, 7) is 6.30. The monoisotopic (exact) mass is 337 g/mol. The van der Waals surface area contributed by atoms with Crippen molar-refractivity contribution in [2.24, 2.45) is 4.99 Å². The summed E-state index contributed by atoms with van der Waals surface area (Å²) >= 11 is 0. The average molecular weight is 337 g/mol. The van der Waals surface area contributed by atoms with Crippen LogP contribution in [0.1, 0.15) is 26.3 Å². The highest BCUT2D eigenvalue weighted by molar-refractivity contribution is 7.86. The van der Waals surface area contributed by atoms with Crippen molar-refractivity contribution in [2.75, 3.05) is 12.8 Å². The molecule has 1 heterocycles. The van der Waals surface area contributed by atoms with Crippen LogP contribution in [-0.2, 0) is 14.3 Å². The van der Waals surface area contributed by atoms with E-state index >= 15 is 0 Å². The Kier molecular flexibility index (Phi) is 5.11. The number of hydrogen-bond acceptors (Lipinski definition) is 6. The predicted molar refractivity (Wildman–Crippen MR) is 92.5 cm³/mol. The van der Waals surface area contributed by atoms with E-state index in [0.717, 1.165) is 17.5 Å². The number of nitrogens with zero attached hydrogens (tertiary/aromatic N) is 1. The van der Waals surface area contributed by atoms with Crippen LogP contribution in [0.2, 0.25) is 0 Å². The van der Waals surface area contributed by atoms with Gasteiger partial charge in [-0.15, -0.1) is 0 Å². The van der Waals surface area contributed by atoms with Gasteiger partial charge in [-0.05, 0) is 26.3 Å². The van der Waals surface area contributed by atoms with Gasteiger partial charge in [0.1, 0.15) is 5.84 Å². The third-order valence-electron chi connectivity index (χ3n) is 2.90. The van der Waals surface area contributed by atoms with Gasteiger partial charge in [-0.1, -0.05) is 30.3 Å². The lowest BCUT2D eigenvalue weighted by atomic mass is 10.1. The molecule has 1 aromatic carbocycles. The zero-order chi connectivity index (χ0) is 17.1. The van der Waals surface area contributed by atoms with Gasteiger partial charge in [0.25, 0.3) is 10.1 Å². The van der Waals surface area contributed by atoms with Crippen molar-refractivity contribution in [2.45, 2.75) is 32.5 Å². The van der Waals surface area contributed by atoms with Gasteiger partial charge >= 0.3 is 0 Å². The van der Waals surface area contributed by atoms with E-state index in [9.17, 15) is 8.42 Å². The van der Waals surface area contributed by atoms with Crippen molar-refractivity contribution in [3.05, 3.63) is 42.0 Å². The van der Waals surface area contributed by atoms with Crippen molar-refractivity contribution in [1.82, 2.24) is 10.6 Å². The minimum Gasteiger partial charge on any atom is -0.366 e. The minimum absolute atomic E-state index is 0.158. The van der Waals surface area contributed by atoms with E-state index in [4.69, 9.17) is 4.18 Å². The fraction of sp³-hybridized carbons (Fsp3) is 0.438. The number of aliphatic imine (C=N–C) groups is 1. The molecule has 0 amide bonds. The van der Waals surface area contributed by atoms with Gasteiger partial charge in [0.2, 0.25) is 0 Å². The van der Waals surface area contributed by atoms with E-state index < -0.39 is 16.3 Å². The first kappa shape index (κ1) is 17.5. The summed E-state index contributed by atoms with van der Waals surface area (Å²) in [5, 5.41) is 6.42. The molecule has 1 aromatic rings. The number of amidine groups is 1. The van der Waals surface area contributed by atoms with Crippen LogP contribution in [-0.4, -0.2) is 38.8 Å². The van der Waals surface area contributed by atoms with E-state index in [-0.39, 0.29) is 12.1 Å². The van der Waals surface area contributed by atoms with Crippen LogP contribution in [0.5, 0.6) is 0 Å². The Labute approximate surface area is 137 Å². The van der Waals surface area contributed by atoms with E-state index in [1.807, 2.05) is 57.2 Å². The standard InChI is InChI=1S/C16H23N3O3S/c1-16(2,3)19-14-10-13(12-8-6-5-7-9-12)18-15(11-17-14)22-23(4,20)21/h5-10,15,18H,11H2,1-4H3,(H,17,19). The van der Waals surface area contributed by atoms with E-state index in [2.05, 4.69) is 15.6 Å². The molecule has 1 unspecified atom stereocenters. The average Bonchev–Trinajstić information content (AvgIpc) is 2.59. The first-order valence-corrected chi connectivity index (χ1v) is 9.19. The molecular weight excluding hydrogens is 314 g/mol. The number of benzene rings is 1. The van der Waals surface area contributed by atoms with Gasteiger partial charge in [0.05, 0.1) is 12.8 Å². The fourth-order valence-electron chi connectivity index (χ4n) is 2.13. The van der Waals surface area contributed by atoms with Crippen LogP contribution in [0.25, 0.3) is 5.70 Å². The number of rotatable bonds is 3. The summed E-state index contributed by atoms with van der Waals surface area (Å²) in [5.41, 5.74) is 1.53. The lowest BCUT2D eigenvalue weighted by Gasteiger charge is -2.21. The Balaban J connectivity index is 2.33. The molecule has 126 valence electrons. The summed E-state index contributed by atoms with van der Waals surface area (Å²) in [4.78, 5) is 4.43. The Hall–Kier alpha value is -1.86. The maximum atomic E-state index is 11.4. The number of hydrogen-bond donors (Lipinski definition) is 2. The molecule has 2 rings (SSSR count). The Morgan fingerprint density at radius 3 is 2.48 bits per heavy atom. The maximum absolute atomic E-state index is 11.4. The zero-order valence-electron chi connectivity index (χ0n) is 13.8. The lowest BCUT2D eigenvalue weighted by Crippen LogP contribution is -2.40. The molecule has 0 spiro atoms. The van der Waals surface area contributed by atoms with Crippen molar-refractivity contribution < 1.29 is 12.6 Å². The molecule has 1 aliphatic rings. The van der Waals surface area contributed by atoms with Gasteiger partial charge in [0, 0.05) is 17.3 Å². The van der Waals surface area contributed by atoms with Crippen LogP contribution in [0.4, 0.5) is 0 Å². The van der Waals surface area contributed by atoms with Crippen LogP contribution in [0.15, 0.2) is 41.4 Å². The molecule has 0 aliphatic carbocycles. The van der Waals surface area contributed by atoms with E-state index in [0.29, 0.717) is 5.84 Å². The molecule has 0 aromatic heterocycles. The van der Waals surface area contributed by atoms with Crippen LogP contribution in [0.3, 0.4) is 0 Å². The zero-order valence-corrected chi connectivity index (χ0v) is 14.6. The molecule has 0 saturated heterocycles. The second-order valence-electron chi connectivity index (χ2n) is 6.46. The molecule has 0 radical (unpaired) electrons. The van der Waals surface area contributed by atoms with E-state index in [1.54, 1.807) is 0 Å². The SMILES string of the molecule is CC(C)(C)NC1=NCC(OS(C)(=O)=O)NC(c2ccccc2)=C1. The van der Waals surface area contributed by atoms with Gasteiger partial charge in [-0.2, -0.15) is 8.42 Å². The van der Waals surface area contributed by atoms with Gasteiger partial charge < -0.3 is 10.6 Å². The number of nitrogens with one attached hydrogen (secondary N) is 2. The molecule has 6 nitrogen and oxygen atoms in total. The molecule has 1 atom stereocenters. The topological polar surface area (TPSA) is 79.8 Å². The molecule has 0 bridgehead atoms. The van der Waals surface area contributed by atoms with Crippen LogP contribution in [0, 0.1) is 0 Å². The first-order valence-electron chi connectivity index (χ1n) is 7.37. The molecule has 1 aliphatic heterocycles. The summed E-state index contributed by atoms with van der Waals surface area (Å²) in [7, 11) is -3.58. The van der Waals surface area contributed by atoms with Crippen molar-refractivity contribution in [3.8, 4) is 0 Å². The Morgan fingerprint density at radius 2 is 1.91 bits per heavy atom. The summed E-state index contributed by atoms with van der Waals surface area (Å²) in [6, 6.07) is 9.65. The van der Waals surface area contributed by atoms with Crippen molar-refractivity contribution in [1.29, 1.82) is 0 Å². The van der Waals surface area contributed by atoms with Crippen LogP contribution >= 0.6 is 0 Å². The molecule has 7 heteroatoms. The third kappa shape index (κ3) is 6.03. The largest absolute Gasteiger partial charge is 0.366 e. The Morgan fingerprint density at radius 1 is 1.26 bits per heavy atom. The predicted octanol–water partition coefficient (Wildman–Crippen LogP) is 1.72. The minimum atomic E-state index is -3.58. The van der Waals surface area contributed by atoms with Crippen molar-refractivity contribution >= 4 is 21.7 Å². The van der Waals surface area contributed by atoms with Crippen LogP contribution < -0.4 is 10.6 Å². The second kappa shape index (κ2) is 6.72. The van der Waals surface area contributed by atoms with Crippen molar-refractivity contribution in [3.63, 3.8) is 0 Å². The maximum Gasteiger partial charge on any atom is 0.266 e. The normalized spacial score (nSPS) is 19.2. The summed E-state index contributed by atoms with van der Waals surface area (Å²) in [6.07, 6.45) is 2.16. The Bertz CT molecular complexity index is 704.